The lowest BCUT2D eigenvalue weighted by molar-refractivity contribution is 0.0897. The molecule has 88 valence electrons. The minimum absolute atomic E-state index is 0.0340. The molecular formula is C12H16INO2. The van der Waals surface area contributed by atoms with Crippen LogP contribution in [0.4, 0.5) is 0 Å². The molecule has 0 radical (unpaired) electrons. The van der Waals surface area contributed by atoms with E-state index in [1.807, 2.05) is 26.0 Å². The highest BCUT2D eigenvalue weighted by molar-refractivity contribution is 14.1. The largest absolute Gasteiger partial charge is 0.394 e. The zero-order valence-electron chi connectivity index (χ0n) is 9.40. The lowest BCUT2D eigenvalue weighted by Crippen LogP contribution is -2.41. The quantitative estimate of drug-likeness (QED) is 0.829. The summed E-state index contributed by atoms with van der Waals surface area (Å²) >= 11 is 2.19. The van der Waals surface area contributed by atoms with E-state index in [0.717, 1.165) is 3.57 Å². The summed E-state index contributed by atoms with van der Waals surface area (Å²) in [5.41, 5.74) is 0.625. The highest BCUT2D eigenvalue weighted by Crippen LogP contribution is 2.08. The van der Waals surface area contributed by atoms with Crippen LogP contribution in [0.2, 0.25) is 0 Å². The van der Waals surface area contributed by atoms with Crippen molar-refractivity contribution < 1.29 is 9.90 Å². The number of nitrogens with one attached hydrogen (secondary N) is 1. The molecule has 2 N–H and O–H groups in total. The molecule has 0 fully saturated rings. The van der Waals surface area contributed by atoms with Gasteiger partial charge in [0.15, 0.2) is 0 Å². The van der Waals surface area contributed by atoms with E-state index in [1.54, 1.807) is 12.1 Å². The fraction of sp³-hybridized carbons (Fsp3) is 0.417. The lowest BCUT2D eigenvalue weighted by atomic mass is 10.0. The molecule has 1 aromatic rings. The van der Waals surface area contributed by atoms with Crippen LogP contribution in [-0.4, -0.2) is 23.7 Å². The number of hydrogen-bond acceptors (Lipinski definition) is 2. The smallest absolute Gasteiger partial charge is 0.251 e. The standard InChI is InChI=1S/C12H16INO2/c1-8(2)11(7-15)14-12(16)9-3-5-10(13)6-4-9/h3-6,8,11,15H,7H2,1-2H3,(H,14,16)/t11-/m1/s1. The van der Waals surface area contributed by atoms with Crippen LogP contribution in [0.25, 0.3) is 0 Å². The average molecular weight is 333 g/mol. The first kappa shape index (κ1) is 13.4. The molecule has 1 rings (SSSR count). The summed E-state index contributed by atoms with van der Waals surface area (Å²) < 4.78 is 1.09. The second-order valence-corrected chi connectivity index (χ2v) is 5.26. The van der Waals surface area contributed by atoms with Gasteiger partial charge >= 0.3 is 0 Å². The second kappa shape index (κ2) is 6.20. The van der Waals surface area contributed by atoms with Gasteiger partial charge in [-0.05, 0) is 52.8 Å². The van der Waals surface area contributed by atoms with Gasteiger partial charge in [0.25, 0.3) is 5.91 Å². The van der Waals surface area contributed by atoms with Gasteiger partial charge in [0.2, 0.25) is 0 Å². The number of carbonyl (C=O) groups is 1. The van der Waals surface area contributed by atoms with Crippen LogP contribution in [-0.2, 0) is 0 Å². The first-order valence-corrected chi connectivity index (χ1v) is 6.29. The van der Waals surface area contributed by atoms with Gasteiger partial charge in [0.05, 0.1) is 12.6 Å². The summed E-state index contributed by atoms with van der Waals surface area (Å²) in [7, 11) is 0. The SMILES string of the molecule is CC(C)[C@@H](CO)NC(=O)c1ccc(I)cc1. The third-order valence-electron chi connectivity index (χ3n) is 2.42. The van der Waals surface area contributed by atoms with Crippen molar-refractivity contribution in [3.8, 4) is 0 Å². The first-order chi connectivity index (χ1) is 7.54. The summed E-state index contributed by atoms with van der Waals surface area (Å²) in [5, 5.41) is 11.9. The second-order valence-electron chi connectivity index (χ2n) is 4.01. The van der Waals surface area contributed by atoms with Gasteiger partial charge in [0.1, 0.15) is 0 Å². The maximum absolute atomic E-state index is 11.8. The molecule has 0 bridgehead atoms. The van der Waals surface area contributed by atoms with Gasteiger partial charge in [-0.15, -0.1) is 0 Å². The fourth-order valence-corrected chi connectivity index (χ4v) is 1.64. The van der Waals surface area contributed by atoms with E-state index in [-0.39, 0.29) is 24.5 Å². The Morgan fingerprint density at radius 2 is 1.94 bits per heavy atom. The van der Waals surface area contributed by atoms with Crippen LogP contribution in [0.3, 0.4) is 0 Å². The topological polar surface area (TPSA) is 49.3 Å². The van der Waals surface area contributed by atoms with Crippen LogP contribution in [0, 0.1) is 9.49 Å². The van der Waals surface area contributed by atoms with Crippen molar-refractivity contribution in [2.24, 2.45) is 5.92 Å². The third-order valence-corrected chi connectivity index (χ3v) is 3.14. The molecule has 4 heteroatoms. The summed E-state index contributed by atoms with van der Waals surface area (Å²) in [6, 6.07) is 7.15. The van der Waals surface area contributed by atoms with E-state index in [1.165, 1.54) is 0 Å². The predicted octanol–water partition coefficient (Wildman–Crippen LogP) is 2.04. The molecule has 0 aliphatic carbocycles. The van der Waals surface area contributed by atoms with E-state index in [4.69, 9.17) is 5.11 Å². The molecular weight excluding hydrogens is 317 g/mol. The zero-order valence-corrected chi connectivity index (χ0v) is 11.6. The van der Waals surface area contributed by atoms with Gasteiger partial charge in [0, 0.05) is 9.13 Å². The fourth-order valence-electron chi connectivity index (χ4n) is 1.28. The van der Waals surface area contributed by atoms with Crippen molar-refractivity contribution in [1.82, 2.24) is 5.32 Å². The molecule has 1 amide bonds. The first-order valence-electron chi connectivity index (χ1n) is 5.22. The maximum atomic E-state index is 11.8. The molecule has 3 nitrogen and oxygen atoms in total. The maximum Gasteiger partial charge on any atom is 0.251 e. The van der Waals surface area contributed by atoms with Crippen molar-refractivity contribution in [2.45, 2.75) is 19.9 Å². The van der Waals surface area contributed by atoms with Crippen LogP contribution >= 0.6 is 22.6 Å². The van der Waals surface area contributed by atoms with E-state index in [0.29, 0.717) is 5.56 Å². The molecule has 0 heterocycles. The van der Waals surface area contributed by atoms with Crippen LogP contribution in [0.15, 0.2) is 24.3 Å². The summed E-state index contributed by atoms with van der Waals surface area (Å²) in [5.74, 6) is 0.0851. The van der Waals surface area contributed by atoms with Gasteiger partial charge in [-0.3, -0.25) is 4.79 Å². The Balaban J connectivity index is 2.68. The summed E-state index contributed by atoms with van der Waals surface area (Å²) in [4.78, 5) is 11.8. The predicted molar refractivity (Wildman–Crippen MR) is 72.3 cm³/mol. The van der Waals surface area contributed by atoms with Crippen molar-refractivity contribution >= 4 is 28.5 Å². The number of halogens is 1. The van der Waals surface area contributed by atoms with E-state index < -0.39 is 0 Å². The average Bonchev–Trinajstić information content (AvgIpc) is 2.26. The Kier molecular flexibility index (Phi) is 5.21. The number of aliphatic hydroxyl groups is 1. The Hall–Kier alpha value is -0.620. The number of carbonyl (C=O) groups excluding carboxylic acids is 1. The number of rotatable bonds is 4. The molecule has 1 atom stereocenters. The van der Waals surface area contributed by atoms with Crippen LogP contribution < -0.4 is 5.32 Å². The van der Waals surface area contributed by atoms with Gasteiger partial charge in [-0.25, -0.2) is 0 Å². The molecule has 0 spiro atoms. The van der Waals surface area contributed by atoms with Crippen LogP contribution in [0.5, 0.6) is 0 Å². The Labute approximate surface area is 109 Å². The Bertz CT molecular complexity index is 349. The molecule has 0 unspecified atom stereocenters. The molecule has 0 saturated carbocycles. The number of hydrogen-bond donors (Lipinski definition) is 2. The third kappa shape index (κ3) is 3.75. The van der Waals surface area contributed by atoms with Gasteiger partial charge in [-0.2, -0.15) is 0 Å². The van der Waals surface area contributed by atoms with E-state index >= 15 is 0 Å². The van der Waals surface area contributed by atoms with Crippen LogP contribution in [0.1, 0.15) is 24.2 Å². The van der Waals surface area contributed by atoms with E-state index in [9.17, 15) is 4.79 Å². The van der Waals surface area contributed by atoms with Gasteiger partial charge in [-0.1, -0.05) is 13.8 Å². The molecule has 0 aliphatic rings. The molecule has 0 aliphatic heterocycles. The van der Waals surface area contributed by atoms with Crippen molar-refractivity contribution in [3.63, 3.8) is 0 Å². The van der Waals surface area contributed by atoms with Gasteiger partial charge < -0.3 is 10.4 Å². The Morgan fingerprint density at radius 3 is 2.38 bits per heavy atom. The van der Waals surface area contributed by atoms with Crippen molar-refractivity contribution in [3.05, 3.63) is 33.4 Å². The van der Waals surface area contributed by atoms with Crippen molar-refractivity contribution in [1.29, 1.82) is 0 Å². The minimum atomic E-state index is -0.188. The highest BCUT2D eigenvalue weighted by atomic mass is 127. The molecule has 16 heavy (non-hydrogen) atoms. The summed E-state index contributed by atoms with van der Waals surface area (Å²) in [6.45, 7) is 3.90. The Morgan fingerprint density at radius 1 is 1.38 bits per heavy atom. The molecule has 1 aromatic carbocycles. The molecule has 0 saturated heterocycles. The normalized spacial score (nSPS) is 12.6. The number of benzene rings is 1. The minimum Gasteiger partial charge on any atom is -0.394 e. The lowest BCUT2D eigenvalue weighted by Gasteiger charge is -2.19. The monoisotopic (exact) mass is 333 g/mol. The number of amides is 1. The summed E-state index contributed by atoms with van der Waals surface area (Å²) in [6.07, 6.45) is 0. The van der Waals surface area contributed by atoms with E-state index in [2.05, 4.69) is 27.9 Å². The molecule has 0 aromatic heterocycles. The van der Waals surface area contributed by atoms with Crippen molar-refractivity contribution in [2.75, 3.05) is 6.61 Å². The zero-order chi connectivity index (χ0) is 12.1. The number of aliphatic hydroxyl groups excluding tert-OH is 1. The highest BCUT2D eigenvalue weighted by Gasteiger charge is 2.15.